The van der Waals surface area contributed by atoms with Crippen molar-refractivity contribution >= 4 is 11.8 Å². The van der Waals surface area contributed by atoms with Gasteiger partial charge in [-0.3, -0.25) is 14.3 Å². The summed E-state index contributed by atoms with van der Waals surface area (Å²) in [6.07, 6.45) is 8.01. The number of aryl methyl sites for hydroxylation is 1. The molecule has 1 aliphatic heterocycles. The molecule has 180 valence electrons. The van der Waals surface area contributed by atoms with E-state index in [9.17, 15) is 14.7 Å². The van der Waals surface area contributed by atoms with Gasteiger partial charge in [-0.2, -0.15) is 0 Å². The molecular formula is C23H39N5O4. The highest BCUT2D eigenvalue weighted by Gasteiger charge is 2.30. The van der Waals surface area contributed by atoms with Crippen molar-refractivity contribution in [2.24, 2.45) is 11.8 Å². The third kappa shape index (κ3) is 6.51. The van der Waals surface area contributed by atoms with Gasteiger partial charge < -0.3 is 19.6 Å². The van der Waals surface area contributed by atoms with Gasteiger partial charge in [0.2, 0.25) is 11.8 Å². The molecule has 1 fully saturated rings. The fourth-order valence-corrected chi connectivity index (χ4v) is 4.71. The Morgan fingerprint density at radius 2 is 2.06 bits per heavy atom. The third-order valence-electron chi connectivity index (χ3n) is 6.83. The molecule has 1 aliphatic carbocycles. The summed E-state index contributed by atoms with van der Waals surface area (Å²) < 4.78 is 8.00. The van der Waals surface area contributed by atoms with Crippen LogP contribution in [0.5, 0.6) is 0 Å². The molecule has 9 nitrogen and oxygen atoms in total. The highest BCUT2D eigenvalue weighted by Crippen LogP contribution is 2.26. The number of carbonyl (C=O) groups excluding carboxylic acids is 2. The first-order valence-corrected chi connectivity index (χ1v) is 12.0. The number of hydrogen-bond acceptors (Lipinski definition) is 6. The molecule has 32 heavy (non-hydrogen) atoms. The highest BCUT2D eigenvalue weighted by atomic mass is 16.5. The number of hydrogen-bond donors (Lipinski definition) is 1. The van der Waals surface area contributed by atoms with Crippen molar-refractivity contribution in [1.82, 2.24) is 24.8 Å². The van der Waals surface area contributed by atoms with Crippen molar-refractivity contribution < 1.29 is 19.4 Å². The smallest absolute Gasteiger partial charge is 0.225 e. The Morgan fingerprint density at radius 1 is 1.31 bits per heavy atom. The lowest BCUT2D eigenvalue weighted by molar-refractivity contribution is -0.140. The Bertz CT molecular complexity index is 749. The van der Waals surface area contributed by atoms with Gasteiger partial charge in [0, 0.05) is 44.9 Å². The van der Waals surface area contributed by atoms with E-state index in [1.165, 1.54) is 6.42 Å². The fraction of sp³-hybridized carbons (Fsp3) is 0.826. The lowest BCUT2D eigenvalue weighted by Gasteiger charge is -2.36. The van der Waals surface area contributed by atoms with Gasteiger partial charge in [-0.15, -0.1) is 5.10 Å². The number of nitrogens with zero attached hydrogens (tertiary/aromatic N) is 5. The molecule has 2 bridgehead atoms. The van der Waals surface area contributed by atoms with Gasteiger partial charge in [-0.1, -0.05) is 31.4 Å². The number of aliphatic hydroxyl groups excluding tert-OH is 1. The van der Waals surface area contributed by atoms with Gasteiger partial charge in [0.15, 0.2) is 0 Å². The van der Waals surface area contributed by atoms with Gasteiger partial charge in [-0.05, 0) is 26.2 Å². The number of rotatable bonds is 5. The largest absolute Gasteiger partial charge is 0.394 e. The quantitative estimate of drug-likeness (QED) is 0.736. The van der Waals surface area contributed by atoms with Crippen LogP contribution >= 0.6 is 0 Å². The minimum absolute atomic E-state index is 0.0170. The Kier molecular flexibility index (Phi) is 9.04. The predicted molar refractivity (Wildman–Crippen MR) is 119 cm³/mol. The number of carbonyl (C=O) groups is 2. The SMILES string of the molecule is C[C@H](CO)N1C[C@H](C)[C@@H](CN(C)C(=O)C2CCCCC2)OCc2cn(nn2)CCCC1=O. The predicted octanol–water partition coefficient (Wildman–Crippen LogP) is 1.84. The average Bonchev–Trinajstić information content (AvgIpc) is 3.26. The van der Waals surface area contributed by atoms with Gasteiger partial charge in [0.1, 0.15) is 5.69 Å². The average molecular weight is 450 g/mol. The summed E-state index contributed by atoms with van der Waals surface area (Å²) in [5, 5.41) is 18.0. The van der Waals surface area contributed by atoms with E-state index < -0.39 is 0 Å². The first-order valence-electron chi connectivity index (χ1n) is 12.0. The molecule has 2 heterocycles. The van der Waals surface area contributed by atoms with E-state index in [1.807, 2.05) is 27.1 Å². The van der Waals surface area contributed by atoms with E-state index in [0.717, 1.165) is 31.4 Å². The molecular weight excluding hydrogens is 410 g/mol. The second-order valence-electron chi connectivity index (χ2n) is 9.53. The van der Waals surface area contributed by atoms with E-state index in [0.29, 0.717) is 39.1 Å². The van der Waals surface area contributed by atoms with Crippen molar-refractivity contribution in [3.05, 3.63) is 11.9 Å². The lowest BCUT2D eigenvalue weighted by Crippen LogP contribution is -2.48. The van der Waals surface area contributed by atoms with Gasteiger partial charge in [0.25, 0.3) is 0 Å². The minimum Gasteiger partial charge on any atom is -0.394 e. The van der Waals surface area contributed by atoms with Gasteiger partial charge >= 0.3 is 0 Å². The maximum Gasteiger partial charge on any atom is 0.225 e. The van der Waals surface area contributed by atoms with Crippen LogP contribution in [0.15, 0.2) is 6.20 Å². The second kappa shape index (κ2) is 11.7. The molecule has 0 radical (unpaired) electrons. The van der Waals surface area contributed by atoms with E-state index in [4.69, 9.17) is 4.74 Å². The van der Waals surface area contributed by atoms with Crippen molar-refractivity contribution in [2.45, 2.75) is 84.1 Å². The lowest BCUT2D eigenvalue weighted by atomic mass is 9.88. The molecule has 2 amide bonds. The molecule has 3 atom stereocenters. The molecule has 0 unspecified atom stereocenters. The maximum atomic E-state index is 13.0. The number of likely N-dealkylation sites (N-methyl/N-ethyl adjacent to an activating group) is 1. The summed E-state index contributed by atoms with van der Waals surface area (Å²) in [7, 11) is 1.85. The van der Waals surface area contributed by atoms with E-state index in [2.05, 4.69) is 10.3 Å². The first-order chi connectivity index (χ1) is 15.4. The fourth-order valence-electron chi connectivity index (χ4n) is 4.71. The number of aromatic nitrogens is 3. The van der Waals surface area contributed by atoms with Crippen LogP contribution in [0.2, 0.25) is 0 Å². The van der Waals surface area contributed by atoms with Gasteiger partial charge in [-0.25, -0.2) is 0 Å². The molecule has 1 aromatic heterocycles. The molecule has 1 aromatic rings. The number of fused-ring (bicyclic) bond motifs is 2. The summed E-state index contributed by atoms with van der Waals surface area (Å²) in [4.78, 5) is 29.5. The third-order valence-corrected chi connectivity index (χ3v) is 6.83. The Balaban J connectivity index is 1.75. The van der Waals surface area contributed by atoms with Crippen molar-refractivity contribution in [3.8, 4) is 0 Å². The molecule has 1 saturated carbocycles. The zero-order chi connectivity index (χ0) is 23.1. The summed E-state index contributed by atoms with van der Waals surface area (Å²) in [5.41, 5.74) is 0.745. The Morgan fingerprint density at radius 3 is 2.78 bits per heavy atom. The van der Waals surface area contributed by atoms with Crippen LogP contribution in [-0.2, 0) is 27.5 Å². The van der Waals surface area contributed by atoms with Crippen LogP contribution in [0, 0.1) is 11.8 Å². The Labute approximate surface area is 191 Å². The normalized spacial score (nSPS) is 24.9. The van der Waals surface area contributed by atoms with Crippen LogP contribution in [0.4, 0.5) is 0 Å². The monoisotopic (exact) mass is 449 g/mol. The van der Waals surface area contributed by atoms with E-state index in [1.54, 1.807) is 14.5 Å². The maximum absolute atomic E-state index is 13.0. The molecule has 2 aliphatic rings. The molecule has 0 aromatic carbocycles. The van der Waals surface area contributed by atoms with Crippen molar-refractivity contribution in [1.29, 1.82) is 0 Å². The Hall–Kier alpha value is -2.00. The van der Waals surface area contributed by atoms with Crippen LogP contribution in [-0.4, -0.2) is 80.6 Å². The molecule has 0 spiro atoms. The van der Waals surface area contributed by atoms with E-state index in [-0.39, 0.29) is 42.4 Å². The topological polar surface area (TPSA) is 101 Å². The standard InChI is InChI=1S/C23H39N5O4/c1-17-12-28(18(2)15-29)22(30)10-7-11-27-13-20(24-25-27)16-32-21(17)14-26(3)23(31)19-8-5-4-6-9-19/h13,17-19,21,29H,4-12,14-16H2,1-3H3/t17-,18+,21+/m0/s1. The van der Waals surface area contributed by atoms with Crippen molar-refractivity contribution in [3.63, 3.8) is 0 Å². The number of ether oxygens (including phenoxy) is 1. The van der Waals surface area contributed by atoms with E-state index >= 15 is 0 Å². The summed E-state index contributed by atoms with van der Waals surface area (Å²) in [5.74, 6) is 0.283. The number of aliphatic hydroxyl groups is 1. The molecule has 9 heteroatoms. The molecule has 3 rings (SSSR count). The summed E-state index contributed by atoms with van der Waals surface area (Å²) in [6, 6.07) is -0.269. The van der Waals surface area contributed by atoms with Crippen LogP contribution < -0.4 is 0 Å². The highest BCUT2D eigenvalue weighted by molar-refractivity contribution is 5.78. The zero-order valence-corrected chi connectivity index (χ0v) is 19.8. The summed E-state index contributed by atoms with van der Waals surface area (Å²) in [6.45, 7) is 5.67. The molecule has 0 saturated heterocycles. The molecule has 1 N–H and O–H groups in total. The van der Waals surface area contributed by atoms with Gasteiger partial charge in [0.05, 0.1) is 31.6 Å². The van der Waals surface area contributed by atoms with Crippen LogP contribution in [0.1, 0.15) is 64.5 Å². The zero-order valence-electron chi connectivity index (χ0n) is 19.8. The van der Waals surface area contributed by atoms with Crippen LogP contribution in [0.25, 0.3) is 0 Å². The number of amides is 2. The van der Waals surface area contributed by atoms with Crippen LogP contribution in [0.3, 0.4) is 0 Å². The second-order valence-corrected chi connectivity index (χ2v) is 9.53. The minimum atomic E-state index is -0.269. The summed E-state index contributed by atoms with van der Waals surface area (Å²) >= 11 is 0. The van der Waals surface area contributed by atoms with Crippen molar-refractivity contribution in [2.75, 3.05) is 26.7 Å². The first kappa shape index (κ1) is 24.6.